The standard InChI is InChI=1S/C13H20N2/c1-9-4-5-12(6-10(9)2)11(3)15-7-13(14)8-15/h4-6,11,13H,7-8,14H2,1-3H3. The molecule has 82 valence electrons. The first-order chi connectivity index (χ1) is 7.08. The lowest BCUT2D eigenvalue weighted by Gasteiger charge is -2.41. The molecule has 2 N–H and O–H groups in total. The Kier molecular flexibility index (Phi) is 2.81. The first-order valence-corrected chi connectivity index (χ1v) is 5.64. The fourth-order valence-corrected chi connectivity index (χ4v) is 2.10. The van der Waals surface area contributed by atoms with Crippen LogP contribution >= 0.6 is 0 Å². The van der Waals surface area contributed by atoms with Crippen molar-refractivity contribution in [2.75, 3.05) is 13.1 Å². The Bertz CT molecular complexity index is 354. The second-order valence-electron chi connectivity index (χ2n) is 4.73. The lowest BCUT2D eigenvalue weighted by Crippen LogP contribution is -2.56. The van der Waals surface area contributed by atoms with Crippen LogP contribution in [0.2, 0.25) is 0 Å². The smallest absolute Gasteiger partial charge is 0.0321 e. The molecule has 0 spiro atoms. The summed E-state index contributed by atoms with van der Waals surface area (Å²) in [5.41, 5.74) is 9.95. The SMILES string of the molecule is Cc1ccc(C(C)N2CC(N)C2)cc1C. The molecule has 1 unspecified atom stereocenters. The number of nitrogens with zero attached hydrogens (tertiary/aromatic N) is 1. The first-order valence-electron chi connectivity index (χ1n) is 5.64. The number of hydrogen-bond acceptors (Lipinski definition) is 2. The highest BCUT2D eigenvalue weighted by Crippen LogP contribution is 2.25. The molecule has 2 rings (SSSR count). The highest BCUT2D eigenvalue weighted by atomic mass is 15.2. The predicted molar refractivity (Wildman–Crippen MR) is 63.9 cm³/mol. The second-order valence-corrected chi connectivity index (χ2v) is 4.73. The summed E-state index contributed by atoms with van der Waals surface area (Å²) in [6.07, 6.45) is 0. The van der Waals surface area contributed by atoms with E-state index in [9.17, 15) is 0 Å². The summed E-state index contributed by atoms with van der Waals surface area (Å²) in [6.45, 7) is 8.66. The van der Waals surface area contributed by atoms with Crippen LogP contribution in [0, 0.1) is 13.8 Å². The zero-order chi connectivity index (χ0) is 11.0. The van der Waals surface area contributed by atoms with Gasteiger partial charge >= 0.3 is 0 Å². The third-order valence-electron chi connectivity index (χ3n) is 3.50. The predicted octanol–water partition coefficient (Wildman–Crippen LogP) is 2.01. The lowest BCUT2D eigenvalue weighted by molar-refractivity contribution is 0.103. The van der Waals surface area contributed by atoms with E-state index in [4.69, 9.17) is 5.73 Å². The quantitative estimate of drug-likeness (QED) is 0.798. The van der Waals surface area contributed by atoms with Crippen molar-refractivity contribution >= 4 is 0 Å². The molecule has 1 atom stereocenters. The van der Waals surface area contributed by atoms with E-state index in [0.29, 0.717) is 12.1 Å². The van der Waals surface area contributed by atoms with Gasteiger partial charge in [0.15, 0.2) is 0 Å². The van der Waals surface area contributed by atoms with E-state index in [-0.39, 0.29) is 0 Å². The topological polar surface area (TPSA) is 29.3 Å². The molecule has 1 aliphatic heterocycles. The van der Waals surface area contributed by atoms with Gasteiger partial charge in [0.25, 0.3) is 0 Å². The van der Waals surface area contributed by atoms with Crippen molar-refractivity contribution in [3.63, 3.8) is 0 Å². The van der Waals surface area contributed by atoms with E-state index in [1.54, 1.807) is 0 Å². The van der Waals surface area contributed by atoms with E-state index >= 15 is 0 Å². The highest BCUT2D eigenvalue weighted by Gasteiger charge is 2.27. The minimum Gasteiger partial charge on any atom is -0.325 e. The van der Waals surface area contributed by atoms with Gasteiger partial charge in [-0.3, -0.25) is 4.90 Å². The van der Waals surface area contributed by atoms with E-state index in [2.05, 4.69) is 43.9 Å². The van der Waals surface area contributed by atoms with E-state index in [1.807, 2.05) is 0 Å². The van der Waals surface area contributed by atoms with E-state index < -0.39 is 0 Å². The Morgan fingerprint density at radius 1 is 1.27 bits per heavy atom. The van der Waals surface area contributed by atoms with Crippen molar-refractivity contribution in [2.24, 2.45) is 5.73 Å². The monoisotopic (exact) mass is 204 g/mol. The van der Waals surface area contributed by atoms with Crippen LogP contribution in [0.25, 0.3) is 0 Å². The molecule has 1 aliphatic rings. The average molecular weight is 204 g/mol. The minimum atomic E-state index is 0.388. The maximum absolute atomic E-state index is 5.80. The Morgan fingerprint density at radius 3 is 2.47 bits per heavy atom. The molecule has 0 amide bonds. The van der Waals surface area contributed by atoms with Gasteiger partial charge in [-0.15, -0.1) is 0 Å². The van der Waals surface area contributed by atoms with E-state index in [1.165, 1.54) is 16.7 Å². The molecule has 1 fully saturated rings. The van der Waals surface area contributed by atoms with Crippen molar-refractivity contribution < 1.29 is 0 Å². The molecule has 0 saturated carbocycles. The van der Waals surface area contributed by atoms with Crippen molar-refractivity contribution in [2.45, 2.75) is 32.9 Å². The van der Waals surface area contributed by atoms with Crippen LogP contribution in [-0.4, -0.2) is 24.0 Å². The molecule has 2 heteroatoms. The Morgan fingerprint density at radius 2 is 1.93 bits per heavy atom. The molecule has 1 saturated heterocycles. The summed E-state index contributed by atoms with van der Waals surface area (Å²) < 4.78 is 0. The Labute approximate surface area is 92.1 Å². The van der Waals surface area contributed by atoms with Crippen LogP contribution < -0.4 is 5.73 Å². The molecular formula is C13H20N2. The van der Waals surface area contributed by atoms with Crippen LogP contribution in [0.1, 0.15) is 29.7 Å². The number of likely N-dealkylation sites (tertiary alicyclic amines) is 1. The van der Waals surface area contributed by atoms with Gasteiger partial charge in [-0.05, 0) is 37.5 Å². The number of nitrogens with two attached hydrogens (primary N) is 1. The number of aryl methyl sites for hydroxylation is 2. The molecule has 1 heterocycles. The summed E-state index contributed by atoms with van der Waals surface area (Å²) in [4.78, 5) is 2.43. The van der Waals surface area contributed by atoms with Gasteiger partial charge in [-0.25, -0.2) is 0 Å². The summed E-state index contributed by atoms with van der Waals surface area (Å²) >= 11 is 0. The van der Waals surface area contributed by atoms with Crippen molar-refractivity contribution in [3.05, 3.63) is 34.9 Å². The summed E-state index contributed by atoms with van der Waals surface area (Å²) in [5.74, 6) is 0. The Balaban J connectivity index is 2.12. The third kappa shape index (κ3) is 2.06. The number of benzene rings is 1. The fourth-order valence-electron chi connectivity index (χ4n) is 2.10. The van der Waals surface area contributed by atoms with Crippen LogP contribution in [0.4, 0.5) is 0 Å². The molecule has 1 aromatic rings. The average Bonchev–Trinajstić information content (AvgIpc) is 2.16. The fraction of sp³-hybridized carbons (Fsp3) is 0.538. The summed E-state index contributed by atoms with van der Waals surface area (Å²) in [6, 6.07) is 7.63. The molecule has 15 heavy (non-hydrogen) atoms. The van der Waals surface area contributed by atoms with Crippen molar-refractivity contribution in [1.82, 2.24) is 4.90 Å². The maximum atomic E-state index is 5.80. The zero-order valence-electron chi connectivity index (χ0n) is 9.83. The van der Waals surface area contributed by atoms with Crippen LogP contribution in [0.5, 0.6) is 0 Å². The third-order valence-corrected chi connectivity index (χ3v) is 3.50. The normalized spacial score (nSPS) is 20.0. The molecular weight excluding hydrogens is 184 g/mol. The Hall–Kier alpha value is -0.860. The summed E-state index contributed by atoms with van der Waals surface area (Å²) in [7, 11) is 0. The minimum absolute atomic E-state index is 0.388. The summed E-state index contributed by atoms with van der Waals surface area (Å²) in [5, 5.41) is 0. The molecule has 0 bridgehead atoms. The van der Waals surface area contributed by atoms with Crippen molar-refractivity contribution in [1.29, 1.82) is 0 Å². The maximum Gasteiger partial charge on any atom is 0.0321 e. The van der Waals surface area contributed by atoms with Crippen LogP contribution in [0.15, 0.2) is 18.2 Å². The van der Waals surface area contributed by atoms with Gasteiger partial charge in [-0.1, -0.05) is 18.2 Å². The van der Waals surface area contributed by atoms with Gasteiger partial charge < -0.3 is 5.73 Å². The second kappa shape index (κ2) is 3.95. The molecule has 0 aromatic heterocycles. The van der Waals surface area contributed by atoms with Gasteiger partial charge in [0.1, 0.15) is 0 Å². The largest absolute Gasteiger partial charge is 0.325 e. The van der Waals surface area contributed by atoms with Gasteiger partial charge in [0.2, 0.25) is 0 Å². The lowest BCUT2D eigenvalue weighted by atomic mass is 9.98. The van der Waals surface area contributed by atoms with Crippen LogP contribution in [-0.2, 0) is 0 Å². The highest BCUT2D eigenvalue weighted by molar-refractivity contribution is 5.31. The first kappa shape index (κ1) is 10.7. The number of hydrogen-bond donors (Lipinski definition) is 1. The van der Waals surface area contributed by atoms with Gasteiger partial charge in [0.05, 0.1) is 0 Å². The van der Waals surface area contributed by atoms with Crippen LogP contribution in [0.3, 0.4) is 0 Å². The van der Waals surface area contributed by atoms with Gasteiger partial charge in [0, 0.05) is 25.2 Å². The van der Waals surface area contributed by atoms with Crippen molar-refractivity contribution in [3.8, 4) is 0 Å². The number of rotatable bonds is 2. The zero-order valence-corrected chi connectivity index (χ0v) is 9.83. The molecule has 0 aliphatic carbocycles. The molecule has 2 nitrogen and oxygen atoms in total. The van der Waals surface area contributed by atoms with Gasteiger partial charge in [-0.2, -0.15) is 0 Å². The molecule has 0 radical (unpaired) electrons. The molecule has 1 aromatic carbocycles. The van der Waals surface area contributed by atoms with E-state index in [0.717, 1.165) is 13.1 Å².